The molecule has 0 unspecified atom stereocenters. The minimum atomic E-state index is -3.86. The monoisotopic (exact) mass is 414 g/mol. The Balaban J connectivity index is 0.00000261. The highest BCUT2D eigenvalue weighted by Gasteiger charge is 2.41. The van der Waals surface area contributed by atoms with E-state index < -0.39 is 16.0 Å². The van der Waals surface area contributed by atoms with Gasteiger partial charge in [0.1, 0.15) is 11.3 Å². The number of halogens is 1. The third-order valence-electron chi connectivity index (χ3n) is 4.83. The molecule has 3 rings (SSSR count). The number of aryl methyl sites for hydroxylation is 1. The molecule has 0 spiro atoms. The molecule has 2 atom stereocenters. The van der Waals surface area contributed by atoms with E-state index in [-0.39, 0.29) is 40.7 Å². The normalized spacial score (nSPS) is 20.3. The number of ether oxygens (including phenoxy) is 1. The molecule has 1 fully saturated rings. The van der Waals surface area contributed by atoms with Gasteiger partial charge in [-0.2, -0.15) is 4.31 Å². The van der Waals surface area contributed by atoms with Crippen LogP contribution in [-0.4, -0.2) is 45.4 Å². The van der Waals surface area contributed by atoms with E-state index in [1.54, 1.807) is 0 Å². The molecule has 148 valence electrons. The zero-order chi connectivity index (χ0) is 18.9. The quantitative estimate of drug-likeness (QED) is 0.752. The molecule has 0 aliphatic carbocycles. The van der Waals surface area contributed by atoms with Crippen LogP contribution in [0.4, 0.5) is 0 Å². The van der Waals surface area contributed by atoms with Gasteiger partial charge < -0.3 is 14.9 Å². The zero-order valence-electron chi connectivity index (χ0n) is 15.1. The minimum absolute atomic E-state index is 0. The van der Waals surface area contributed by atoms with Crippen LogP contribution in [-0.2, 0) is 14.8 Å². The average Bonchev–Trinajstić information content (AvgIpc) is 3.26. The predicted octanol–water partition coefficient (Wildman–Crippen LogP) is 2.16. The third-order valence-corrected chi connectivity index (χ3v) is 6.52. The van der Waals surface area contributed by atoms with E-state index in [1.807, 2.05) is 30.3 Å². The van der Waals surface area contributed by atoms with E-state index in [0.717, 1.165) is 5.56 Å². The number of carbonyl (C=O) groups is 1. The molecule has 7 nitrogen and oxygen atoms in total. The second-order valence-corrected chi connectivity index (χ2v) is 8.23. The van der Waals surface area contributed by atoms with Crippen LogP contribution in [0.15, 0.2) is 45.9 Å². The summed E-state index contributed by atoms with van der Waals surface area (Å²) in [6.45, 7) is 2.55. The number of benzene rings is 1. The van der Waals surface area contributed by atoms with Crippen LogP contribution in [0.2, 0.25) is 0 Å². The van der Waals surface area contributed by atoms with E-state index in [2.05, 4.69) is 4.74 Å². The topological polar surface area (TPSA) is 103 Å². The molecule has 0 saturated carbocycles. The van der Waals surface area contributed by atoms with E-state index in [4.69, 9.17) is 10.2 Å². The van der Waals surface area contributed by atoms with Crippen LogP contribution in [0, 0.1) is 12.8 Å². The summed E-state index contributed by atoms with van der Waals surface area (Å²) in [6.07, 6.45) is 0. The van der Waals surface area contributed by atoms with Crippen molar-refractivity contribution in [3.8, 4) is 0 Å². The van der Waals surface area contributed by atoms with E-state index in [0.29, 0.717) is 19.6 Å². The molecule has 0 radical (unpaired) electrons. The SMILES string of the molecule is COC(=O)c1cc(S(=O)(=O)N2C[C@@H](CN)[C@H](c3ccccc3)C2)oc1C.Cl. The van der Waals surface area contributed by atoms with Crippen LogP contribution in [0.5, 0.6) is 0 Å². The standard InChI is InChI=1S/C18H22N2O5S.ClH/c1-12-15(18(21)24-2)8-17(25-12)26(22,23)20-10-14(9-19)16(11-20)13-6-4-3-5-7-13;/h3-8,14,16H,9-11,19H2,1-2H3;1H/t14-,16+;/m1./s1. The molecule has 0 amide bonds. The van der Waals surface area contributed by atoms with Gasteiger partial charge in [-0.1, -0.05) is 30.3 Å². The molecule has 2 N–H and O–H groups in total. The van der Waals surface area contributed by atoms with Crippen molar-refractivity contribution < 1.29 is 22.4 Å². The van der Waals surface area contributed by atoms with Gasteiger partial charge in [-0.3, -0.25) is 0 Å². The molecule has 1 aromatic carbocycles. The van der Waals surface area contributed by atoms with Crippen LogP contribution >= 0.6 is 12.4 Å². The number of hydrogen-bond acceptors (Lipinski definition) is 6. The van der Waals surface area contributed by atoms with Gasteiger partial charge in [-0.25, -0.2) is 13.2 Å². The Morgan fingerprint density at radius 1 is 1.30 bits per heavy atom. The van der Waals surface area contributed by atoms with Gasteiger partial charge in [-0.05, 0) is 24.9 Å². The summed E-state index contributed by atoms with van der Waals surface area (Å²) in [6, 6.07) is 11.0. The van der Waals surface area contributed by atoms with Gasteiger partial charge in [-0.15, -0.1) is 12.4 Å². The fourth-order valence-corrected chi connectivity index (χ4v) is 4.86. The smallest absolute Gasteiger partial charge is 0.341 e. The first-order valence-electron chi connectivity index (χ1n) is 8.32. The Morgan fingerprint density at radius 2 is 1.96 bits per heavy atom. The number of methoxy groups -OCH3 is 1. The maximum atomic E-state index is 13.0. The van der Waals surface area contributed by atoms with E-state index in [9.17, 15) is 13.2 Å². The molecule has 27 heavy (non-hydrogen) atoms. The average molecular weight is 415 g/mol. The van der Waals surface area contributed by atoms with Gasteiger partial charge in [0.2, 0.25) is 5.09 Å². The van der Waals surface area contributed by atoms with Crippen molar-refractivity contribution in [1.82, 2.24) is 4.31 Å². The van der Waals surface area contributed by atoms with E-state index in [1.165, 1.54) is 24.4 Å². The molecule has 9 heteroatoms. The van der Waals surface area contributed by atoms with Crippen molar-refractivity contribution in [2.75, 3.05) is 26.7 Å². The lowest BCUT2D eigenvalue weighted by Gasteiger charge is -2.16. The van der Waals surface area contributed by atoms with E-state index >= 15 is 0 Å². The Morgan fingerprint density at radius 3 is 2.56 bits per heavy atom. The zero-order valence-corrected chi connectivity index (χ0v) is 16.8. The van der Waals surface area contributed by atoms with Gasteiger partial charge in [0.15, 0.2) is 0 Å². The lowest BCUT2D eigenvalue weighted by molar-refractivity contribution is 0.0598. The molecule has 1 saturated heterocycles. The van der Waals surface area contributed by atoms with Crippen molar-refractivity contribution in [2.45, 2.75) is 17.9 Å². The van der Waals surface area contributed by atoms with Crippen LogP contribution in [0.1, 0.15) is 27.6 Å². The summed E-state index contributed by atoms with van der Waals surface area (Å²) < 4.78 is 37.4. The number of esters is 1. The highest BCUT2D eigenvalue weighted by Crippen LogP contribution is 2.35. The summed E-state index contributed by atoms with van der Waals surface area (Å²) in [5.41, 5.74) is 7.06. The molecule has 1 aromatic heterocycles. The molecule has 2 aromatic rings. The van der Waals surface area contributed by atoms with Crippen molar-refractivity contribution >= 4 is 28.4 Å². The molecule has 0 bridgehead atoms. The number of nitrogens with zero attached hydrogens (tertiary/aromatic N) is 1. The van der Waals surface area contributed by atoms with Crippen LogP contribution < -0.4 is 5.73 Å². The van der Waals surface area contributed by atoms with Crippen molar-refractivity contribution in [2.24, 2.45) is 11.7 Å². The molecule has 1 aliphatic rings. The fraction of sp³-hybridized carbons (Fsp3) is 0.389. The first-order chi connectivity index (χ1) is 12.4. The molecular formula is C18H23ClN2O5S. The Hall–Kier alpha value is -1.87. The second-order valence-electron chi connectivity index (χ2n) is 6.36. The maximum Gasteiger partial charge on any atom is 0.341 e. The highest BCUT2D eigenvalue weighted by molar-refractivity contribution is 7.89. The Kier molecular flexibility index (Phi) is 6.69. The van der Waals surface area contributed by atoms with Crippen LogP contribution in [0.25, 0.3) is 0 Å². The first kappa shape index (κ1) is 21.4. The summed E-state index contributed by atoms with van der Waals surface area (Å²) in [5, 5.41) is -0.250. The first-order valence-corrected chi connectivity index (χ1v) is 9.76. The lowest BCUT2D eigenvalue weighted by Crippen LogP contribution is -2.29. The summed E-state index contributed by atoms with van der Waals surface area (Å²) in [5.74, 6) is -0.379. The lowest BCUT2D eigenvalue weighted by atomic mass is 9.89. The van der Waals surface area contributed by atoms with Crippen molar-refractivity contribution in [3.63, 3.8) is 0 Å². The maximum absolute atomic E-state index is 13.0. The van der Waals surface area contributed by atoms with Gasteiger partial charge >= 0.3 is 5.97 Å². The Bertz CT molecular complexity index is 898. The van der Waals surface area contributed by atoms with Gasteiger partial charge in [0.05, 0.1) is 7.11 Å². The molecule has 2 heterocycles. The number of furan rings is 1. The van der Waals surface area contributed by atoms with Gasteiger partial charge in [0, 0.05) is 25.1 Å². The number of rotatable bonds is 5. The van der Waals surface area contributed by atoms with Crippen LogP contribution in [0.3, 0.4) is 0 Å². The Labute approximate surface area is 164 Å². The molecular weight excluding hydrogens is 392 g/mol. The second kappa shape index (κ2) is 8.43. The van der Waals surface area contributed by atoms with Crippen molar-refractivity contribution in [1.29, 1.82) is 0 Å². The number of nitrogens with two attached hydrogens (primary N) is 1. The minimum Gasteiger partial charge on any atom is -0.465 e. The summed E-state index contributed by atoms with van der Waals surface area (Å²) in [4.78, 5) is 11.7. The predicted molar refractivity (Wildman–Crippen MR) is 103 cm³/mol. The third kappa shape index (κ3) is 4.03. The summed E-state index contributed by atoms with van der Waals surface area (Å²) in [7, 11) is -2.63. The summed E-state index contributed by atoms with van der Waals surface area (Å²) >= 11 is 0. The fourth-order valence-electron chi connectivity index (χ4n) is 3.37. The number of sulfonamides is 1. The number of hydrogen-bond donors (Lipinski definition) is 1. The number of carbonyl (C=O) groups excluding carboxylic acids is 1. The molecule has 1 aliphatic heterocycles. The van der Waals surface area contributed by atoms with Crippen molar-refractivity contribution in [3.05, 3.63) is 53.3 Å². The largest absolute Gasteiger partial charge is 0.465 e. The highest BCUT2D eigenvalue weighted by atomic mass is 35.5. The van der Waals surface area contributed by atoms with Gasteiger partial charge in [0.25, 0.3) is 10.0 Å².